The van der Waals surface area contributed by atoms with Gasteiger partial charge in [0.15, 0.2) is 5.69 Å². The molecule has 0 fully saturated rings. The van der Waals surface area contributed by atoms with Gasteiger partial charge in [0.1, 0.15) is 23.9 Å². The lowest BCUT2D eigenvalue weighted by atomic mass is 10.1. The number of carbonyl (C=O) groups excluding carboxylic acids is 1. The number of nitrogens with zero attached hydrogens (tertiary/aromatic N) is 1. The molecule has 0 saturated carbocycles. The largest absolute Gasteiger partial charge is 0.496 e. The summed E-state index contributed by atoms with van der Waals surface area (Å²) in [5.41, 5.74) is 2.24. The van der Waals surface area contributed by atoms with E-state index in [1.807, 2.05) is 19.1 Å². The molecular formula is C15H16N2O4. The minimum Gasteiger partial charge on any atom is -0.496 e. The summed E-state index contributed by atoms with van der Waals surface area (Å²) in [7, 11) is 1.61. The number of hydrogen-bond donors (Lipinski definition) is 1. The number of aromatic nitrogens is 1. The highest BCUT2D eigenvalue weighted by molar-refractivity contribution is 5.91. The Kier molecular flexibility index (Phi) is 3.51. The van der Waals surface area contributed by atoms with E-state index in [0.717, 1.165) is 29.0 Å². The fourth-order valence-corrected chi connectivity index (χ4v) is 2.41. The lowest BCUT2D eigenvalue weighted by molar-refractivity contribution is 0.0941. The summed E-state index contributed by atoms with van der Waals surface area (Å²) in [6, 6.07) is 5.40. The van der Waals surface area contributed by atoms with Gasteiger partial charge in [0.2, 0.25) is 0 Å². The number of rotatable bonds is 4. The van der Waals surface area contributed by atoms with E-state index in [1.54, 1.807) is 7.11 Å². The standard InChI is InChI=1S/C15H16N2O4/c1-9-5-10-6-13(19-2)11(7-14(10)21-9)8-16-15(18)12-3-4-20-17-12/h3-4,6-7,9H,5,8H2,1-2H3,(H,16,18)/t9-/m0/s1. The molecule has 1 amide bonds. The fourth-order valence-electron chi connectivity index (χ4n) is 2.41. The Morgan fingerprint density at radius 3 is 3.10 bits per heavy atom. The van der Waals surface area contributed by atoms with Crippen LogP contribution in [0.3, 0.4) is 0 Å². The van der Waals surface area contributed by atoms with Gasteiger partial charge in [0.05, 0.1) is 7.11 Å². The SMILES string of the molecule is COc1cc2c(cc1CNC(=O)c1ccon1)O[C@@H](C)C2. The van der Waals surface area contributed by atoms with E-state index in [9.17, 15) is 4.79 Å². The molecule has 0 unspecified atom stereocenters. The molecule has 21 heavy (non-hydrogen) atoms. The topological polar surface area (TPSA) is 73.6 Å². The van der Waals surface area contributed by atoms with Gasteiger partial charge in [-0.15, -0.1) is 0 Å². The summed E-state index contributed by atoms with van der Waals surface area (Å²) < 4.78 is 15.8. The molecule has 0 radical (unpaired) electrons. The second-order valence-electron chi connectivity index (χ2n) is 4.97. The molecule has 2 aromatic rings. The molecule has 1 aromatic carbocycles. The van der Waals surface area contributed by atoms with Crippen molar-refractivity contribution < 1.29 is 18.8 Å². The fraction of sp³-hybridized carbons (Fsp3) is 0.333. The van der Waals surface area contributed by atoms with Crippen LogP contribution in [0.4, 0.5) is 0 Å². The monoisotopic (exact) mass is 288 g/mol. The van der Waals surface area contributed by atoms with Crippen LogP contribution in [0.2, 0.25) is 0 Å². The third kappa shape index (κ3) is 2.69. The maximum Gasteiger partial charge on any atom is 0.273 e. The number of methoxy groups -OCH3 is 1. The summed E-state index contributed by atoms with van der Waals surface area (Å²) >= 11 is 0. The normalized spacial score (nSPS) is 16.2. The molecular weight excluding hydrogens is 272 g/mol. The lowest BCUT2D eigenvalue weighted by Gasteiger charge is -2.11. The minimum absolute atomic E-state index is 0.171. The number of hydrogen-bond acceptors (Lipinski definition) is 5. The molecule has 3 rings (SSSR count). The molecule has 0 saturated heterocycles. The first-order valence-electron chi connectivity index (χ1n) is 6.72. The predicted molar refractivity (Wildman–Crippen MR) is 74.5 cm³/mol. The van der Waals surface area contributed by atoms with Crippen LogP contribution < -0.4 is 14.8 Å². The Morgan fingerprint density at radius 2 is 2.38 bits per heavy atom. The van der Waals surface area contributed by atoms with Gasteiger partial charge in [0, 0.05) is 30.2 Å². The number of carbonyl (C=O) groups is 1. The van der Waals surface area contributed by atoms with Gasteiger partial charge < -0.3 is 19.3 Å². The van der Waals surface area contributed by atoms with Crippen LogP contribution >= 0.6 is 0 Å². The van der Waals surface area contributed by atoms with Gasteiger partial charge >= 0.3 is 0 Å². The predicted octanol–water partition coefficient (Wildman–Crippen LogP) is 1.94. The molecule has 6 heteroatoms. The number of benzene rings is 1. The molecule has 110 valence electrons. The van der Waals surface area contributed by atoms with Crippen molar-refractivity contribution >= 4 is 5.91 Å². The summed E-state index contributed by atoms with van der Waals surface area (Å²) in [6.07, 6.45) is 2.40. The summed E-state index contributed by atoms with van der Waals surface area (Å²) in [4.78, 5) is 11.9. The lowest BCUT2D eigenvalue weighted by Crippen LogP contribution is -2.23. The van der Waals surface area contributed by atoms with E-state index in [0.29, 0.717) is 6.54 Å². The second kappa shape index (κ2) is 5.47. The van der Waals surface area contributed by atoms with Gasteiger partial charge in [-0.05, 0) is 19.1 Å². The second-order valence-corrected chi connectivity index (χ2v) is 4.97. The van der Waals surface area contributed by atoms with Crippen molar-refractivity contribution in [3.05, 3.63) is 41.3 Å². The van der Waals surface area contributed by atoms with Crippen LogP contribution in [0.1, 0.15) is 28.5 Å². The molecule has 1 N–H and O–H groups in total. The first kappa shape index (κ1) is 13.5. The van der Waals surface area contributed by atoms with Crippen LogP contribution in [0.5, 0.6) is 11.5 Å². The molecule has 1 aliphatic heterocycles. The van der Waals surface area contributed by atoms with E-state index in [4.69, 9.17) is 9.47 Å². The zero-order chi connectivity index (χ0) is 14.8. The Balaban J connectivity index is 1.76. The molecule has 6 nitrogen and oxygen atoms in total. The average molecular weight is 288 g/mol. The van der Waals surface area contributed by atoms with E-state index in [2.05, 4.69) is 15.0 Å². The maximum absolute atomic E-state index is 11.9. The number of ether oxygens (including phenoxy) is 2. The zero-order valence-corrected chi connectivity index (χ0v) is 11.9. The van der Waals surface area contributed by atoms with Crippen LogP contribution in [-0.4, -0.2) is 24.3 Å². The molecule has 0 bridgehead atoms. The number of fused-ring (bicyclic) bond motifs is 1. The van der Waals surface area contributed by atoms with E-state index < -0.39 is 0 Å². The Hall–Kier alpha value is -2.50. The minimum atomic E-state index is -0.291. The highest BCUT2D eigenvalue weighted by Crippen LogP contribution is 2.34. The third-order valence-corrected chi connectivity index (χ3v) is 3.41. The molecule has 0 spiro atoms. The van der Waals surface area contributed by atoms with Gasteiger partial charge in [-0.25, -0.2) is 0 Å². The van der Waals surface area contributed by atoms with Gasteiger partial charge in [-0.2, -0.15) is 0 Å². The molecule has 1 aliphatic rings. The van der Waals surface area contributed by atoms with Gasteiger partial charge in [-0.3, -0.25) is 4.79 Å². The summed E-state index contributed by atoms with van der Waals surface area (Å²) in [5, 5.41) is 6.38. The Labute approximate surface area is 122 Å². The molecule has 0 aliphatic carbocycles. The maximum atomic E-state index is 11.9. The van der Waals surface area contributed by atoms with Crippen molar-refractivity contribution in [3.8, 4) is 11.5 Å². The zero-order valence-electron chi connectivity index (χ0n) is 11.9. The highest BCUT2D eigenvalue weighted by atomic mass is 16.5. The van der Waals surface area contributed by atoms with Crippen molar-refractivity contribution in [1.82, 2.24) is 10.5 Å². The van der Waals surface area contributed by atoms with Crippen LogP contribution in [0.15, 0.2) is 29.0 Å². The molecule has 1 atom stereocenters. The Morgan fingerprint density at radius 1 is 1.52 bits per heavy atom. The molecule has 1 aromatic heterocycles. The summed E-state index contributed by atoms with van der Waals surface area (Å²) in [5.74, 6) is 1.31. The van der Waals surface area contributed by atoms with Crippen LogP contribution in [0.25, 0.3) is 0 Å². The van der Waals surface area contributed by atoms with Crippen LogP contribution in [-0.2, 0) is 13.0 Å². The van der Waals surface area contributed by atoms with E-state index >= 15 is 0 Å². The summed E-state index contributed by atoms with van der Waals surface area (Å²) in [6.45, 7) is 2.36. The average Bonchev–Trinajstić information content (AvgIpc) is 3.11. The quantitative estimate of drug-likeness (QED) is 0.930. The first-order valence-corrected chi connectivity index (χ1v) is 6.72. The van der Waals surface area contributed by atoms with Crippen molar-refractivity contribution in [2.24, 2.45) is 0 Å². The van der Waals surface area contributed by atoms with Crippen molar-refractivity contribution in [1.29, 1.82) is 0 Å². The van der Waals surface area contributed by atoms with Gasteiger partial charge in [0.25, 0.3) is 5.91 Å². The van der Waals surface area contributed by atoms with Crippen molar-refractivity contribution in [3.63, 3.8) is 0 Å². The highest BCUT2D eigenvalue weighted by Gasteiger charge is 2.22. The number of amides is 1. The smallest absolute Gasteiger partial charge is 0.273 e. The van der Waals surface area contributed by atoms with E-state index in [-0.39, 0.29) is 17.7 Å². The van der Waals surface area contributed by atoms with Crippen molar-refractivity contribution in [2.75, 3.05) is 7.11 Å². The molecule has 2 heterocycles. The van der Waals surface area contributed by atoms with E-state index in [1.165, 1.54) is 12.3 Å². The number of nitrogens with one attached hydrogen (secondary N) is 1. The van der Waals surface area contributed by atoms with Crippen molar-refractivity contribution in [2.45, 2.75) is 26.0 Å². The van der Waals surface area contributed by atoms with Crippen LogP contribution in [0, 0.1) is 0 Å². The Bertz CT molecular complexity index is 652. The van der Waals surface area contributed by atoms with Gasteiger partial charge in [-0.1, -0.05) is 5.16 Å². The third-order valence-electron chi connectivity index (χ3n) is 3.41. The first-order chi connectivity index (χ1) is 10.2.